The smallest absolute Gasteiger partial charge is 0.343 e. The van der Waals surface area contributed by atoms with Crippen LogP contribution in [0.1, 0.15) is 55.8 Å². The fraction of sp³-hybridized carbons (Fsp3) is 0.391. The van der Waals surface area contributed by atoms with E-state index in [4.69, 9.17) is 18.9 Å². The predicted octanol–water partition coefficient (Wildman–Crippen LogP) is 4.89. The van der Waals surface area contributed by atoms with E-state index in [0.717, 1.165) is 55.3 Å². The second kappa shape index (κ2) is 11.3. The van der Waals surface area contributed by atoms with Crippen molar-refractivity contribution in [3.05, 3.63) is 118 Å². The minimum absolute atomic E-state index is 0.206. The monoisotopic (exact) mass is 750 g/mol. The van der Waals surface area contributed by atoms with Crippen LogP contribution in [0.25, 0.3) is 10.8 Å². The summed E-state index contributed by atoms with van der Waals surface area (Å²) in [4.78, 5) is 32.5. The van der Waals surface area contributed by atoms with Gasteiger partial charge in [-0.05, 0) is 111 Å². The summed E-state index contributed by atoms with van der Waals surface area (Å²) < 4.78 is 25.4. The highest BCUT2D eigenvalue weighted by Gasteiger charge is 2.66. The third-order valence-corrected chi connectivity index (χ3v) is 15.0. The van der Waals surface area contributed by atoms with Crippen LogP contribution in [-0.2, 0) is 23.7 Å². The van der Waals surface area contributed by atoms with Crippen molar-refractivity contribution in [1.82, 2.24) is 9.80 Å². The van der Waals surface area contributed by atoms with Gasteiger partial charge in [-0.1, -0.05) is 48.6 Å². The second-order valence-corrected chi connectivity index (χ2v) is 17.4. The number of rotatable bonds is 4. The minimum Gasteiger partial charge on any atom is -0.482 e. The number of ether oxygens (including phenoxy) is 4. The molecule has 4 aromatic rings. The fourth-order valence-electron chi connectivity index (χ4n) is 12.4. The third kappa shape index (κ3) is 4.15. The molecule has 2 spiro atoms. The van der Waals surface area contributed by atoms with Crippen molar-refractivity contribution in [2.45, 2.75) is 73.0 Å². The topological polar surface area (TPSA) is 118 Å². The Balaban J connectivity index is 0.833. The summed E-state index contributed by atoms with van der Waals surface area (Å²) in [6, 6.07) is 19.0. The SMILES string of the molecule is CN1CC[C@]23c4c5ccc(OC(=O)c6ccc7ccc(C(=O)Oc8ccc9c%10c8O[C@H]8C(O)C=CC%11[C@@H](C9)N(C)CC[C@@]%10%118)cc7c6)c4O[C@H]2C(O)C=CC3[C@H]1C5. The lowest BCUT2D eigenvalue weighted by molar-refractivity contribution is -0.0453. The molecule has 4 aromatic carbocycles. The molecule has 10 atom stereocenters. The normalized spacial score (nSPS) is 35.0. The van der Waals surface area contributed by atoms with Gasteiger partial charge in [0.2, 0.25) is 0 Å². The van der Waals surface area contributed by atoms with Gasteiger partial charge in [0, 0.05) is 45.9 Å². The van der Waals surface area contributed by atoms with Gasteiger partial charge in [-0.3, -0.25) is 0 Å². The van der Waals surface area contributed by atoms with Crippen molar-refractivity contribution in [3.8, 4) is 23.0 Å². The van der Waals surface area contributed by atoms with E-state index in [9.17, 15) is 19.8 Å². The van der Waals surface area contributed by atoms with Crippen molar-refractivity contribution in [3.63, 3.8) is 0 Å². The summed E-state index contributed by atoms with van der Waals surface area (Å²) in [6.45, 7) is 1.81. The van der Waals surface area contributed by atoms with Crippen LogP contribution in [0, 0.1) is 11.8 Å². The van der Waals surface area contributed by atoms with Crippen LogP contribution >= 0.6 is 0 Å². The Morgan fingerprint density at radius 2 is 1.11 bits per heavy atom. The summed E-state index contributed by atoms with van der Waals surface area (Å²) >= 11 is 0. The van der Waals surface area contributed by atoms with Gasteiger partial charge in [0.15, 0.2) is 23.0 Å². The maximum Gasteiger partial charge on any atom is 0.343 e. The first kappa shape index (κ1) is 33.2. The molecule has 0 radical (unpaired) electrons. The molecule has 2 saturated heterocycles. The maximum absolute atomic E-state index is 13.8. The molecule has 56 heavy (non-hydrogen) atoms. The first-order valence-corrected chi connectivity index (χ1v) is 19.9. The molecule has 4 heterocycles. The number of likely N-dealkylation sites (tertiary alicyclic amines) is 2. The van der Waals surface area contributed by atoms with Crippen LogP contribution in [0.5, 0.6) is 23.0 Å². The number of piperidine rings is 2. The Kier molecular flexibility index (Phi) is 6.70. The molecule has 284 valence electrons. The van der Waals surface area contributed by atoms with Crippen molar-refractivity contribution < 1.29 is 38.7 Å². The average Bonchev–Trinajstić information content (AvgIpc) is 3.75. The van der Waals surface area contributed by atoms with Gasteiger partial charge in [0.1, 0.15) is 24.4 Å². The molecule has 2 N–H and O–H groups in total. The summed E-state index contributed by atoms with van der Waals surface area (Å²) in [5, 5.41) is 23.8. The molecule has 8 aliphatic rings. The molecule has 10 heteroatoms. The lowest BCUT2D eigenvalue weighted by Crippen LogP contribution is -2.64. The highest BCUT2D eigenvalue weighted by molar-refractivity contribution is 6.00. The van der Waals surface area contributed by atoms with E-state index in [-0.39, 0.29) is 22.7 Å². The largest absolute Gasteiger partial charge is 0.482 e. The number of benzene rings is 4. The van der Waals surface area contributed by atoms with Crippen LogP contribution in [0.2, 0.25) is 0 Å². The molecule has 12 rings (SSSR count). The molecule has 0 amide bonds. The van der Waals surface area contributed by atoms with Gasteiger partial charge in [-0.15, -0.1) is 0 Å². The molecule has 4 aliphatic heterocycles. The number of nitrogens with zero attached hydrogens (tertiary/aromatic N) is 2. The predicted molar refractivity (Wildman–Crippen MR) is 206 cm³/mol. The number of carbonyl (C=O) groups is 2. The summed E-state index contributed by atoms with van der Waals surface area (Å²) in [7, 11) is 4.34. The first-order chi connectivity index (χ1) is 27.2. The molecular formula is C46H42N2O8. The Hall–Kier alpha value is -5.00. The van der Waals surface area contributed by atoms with Crippen molar-refractivity contribution in [2.24, 2.45) is 11.8 Å². The maximum atomic E-state index is 13.8. The van der Waals surface area contributed by atoms with E-state index in [1.165, 1.54) is 11.1 Å². The Morgan fingerprint density at radius 3 is 1.57 bits per heavy atom. The zero-order chi connectivity index (χ0) is 37.8. The van der Waals surface area contributed by atoms with Gasteiger partial charge in [0.25, 0.3) is 0 Å². The van der Waals surface area contributed by atoms with Crippen molar-refractivity contribution >= 4 is 22.7 Å². The summed E-state index contributed by atoms with van der Waals surface area (Å²) in [5.41, 5.74) is 4.48. The quantitative estimate of drug-likeness (QED) is 0.170. The van der Waals surface area contributed by atoms with E-state index in [1.54, 1.807) is 24.3 Å². The number of hydrogen-bond acceptors (Lipinski definition) is 10. The highest BCUT2D eigenvalue weighted by atomic mass is 16.6. The molecule has 0 aromatic heterocycles. The summed E-state index contributed by atoms with van der Waals surface area (Å²) in [6.07, 6.45) is 9.14. The summed E-state index contributed by atoms with van der Waals surface area (Å²) in [5.74, 6) is 1.16. The third-order valence-electron chi connectivity index (χ3n) is 15.0. The number of likely N-dealkylation sites (N-methyl/N-ethyl adjacent to an activating group) is 2. The molecular weight excluding hydrogens is 709 g/mol. The van der Waals surface area contributed by atoms with E-state index in [0.29, 0.717) is 51.6 Å². The highest BCUT2D eigenvalue weighted by Crippen LogP contribution is 2.64. The van der Waals surface area contributed by atoms with Crippen LogP contribution in [0.3, 0.4) is 0 Å². The Bertz CT molecular complexity index is 2330. The lowest BCUT2D eigenvalue weighted by atomic mass is 9.53. The molecule has 4 aliphatic carbocycles. The second-order valence-electron chi connectivity index (χ2n) is 17.4. The van der Waals surface area contributed by atoms with Gasteiger partial charge >= 0.3 is 11.9 Å². The standard InChI is InChI=1S/C46H42N2O8/c1-47-17-15-45-29-9-11-33(49)41(45)55-39-35(13-7-24(37(39)45)21-31(29)47)53-43(51)26-5-3-23-4-6-27(20-28(23)19-26)44(52)54-36-14-8-25-22-32-30-10-12-34(50)42-46(30,16-18-48(32)2)38(25)40(36)56-42/h3-14,19-20,29-34,41-42,49-50H,15-18,21-22H2,1-2H3/t29?,30?,31-,32-,33?,34?,41+,42+,45+,46+/m1/s1. The number of aliphatic hydroxyl groups excluding tert-OH is 2. The van der Waals surface area contributed by atoms with Gasteiger partial charge in [-0.25, -0.2) is 9.59 Å². The van der Waals surface area contributed by atoms with E-state index >= 15 is 0 Å². The number of fused-ring (bicyclic) bond motifs is 1. The fourth-order valence-corrected chi connectivity index (χ4v) is 12.4. The molecule has 10 nitrogen and oxygen atoms in total. The molecule has 4 bridgehead atoms. The van der Waals surface area contributed by atoms with Crippen LogP contribution in [0.15, 0.2) is 85.0 Å². The molecule has 2 fully saturated rings. The van der Waals surface area contributed by atoms with Gasteiger partial charge in [-0.2, -0.15) is 0 Å². The zero-order valence-electron chi connectivity index (χ0n) is 31.2. The van der Waals surface area contributed by atoms with E-state index < -0.39 is 36.4 Å². The molecule has 4 unspecified atom stereocenters. The Morgan fingerprint density at radius 1 is 0.643 bits per heavy atom. The number of carbonyl (C=O) groups excluding carboxylic acids is 2. The van der Waals surface area contributed by atoms with Crippen LogP contribution < -0.4 is 18.9 Å². The van der Waals surface area contributed by atoms with Crippen LogP contribution in [0.4, 0.5) is 0 Å². The van der Waals surface area contributed by atoms with Crippen molar-refractivity contribution in [1.29, 1.82) is 0 Å². The number of esters is 2. The minimum atomic E-state index is -0.749. The van der Waals surface area contributed by atoms with E-state index in [1.807, 2.05) is 36.4 Å². The zero-order valence-corrected chi connectivity index (χ0v) is 31.2. The van der Waals surface area contributed by atoms with Crippen LogP contribution in [-0.4, -0.2) is 95.6 Å². The van der Waals surface area contributed by atoms with Gasteiger partial charge < -0.3 is 39.0 Å². The number of hydrogen-bond donors (Lipinski definition) is 2. The van der Waals surface area contributed by atoms with E-state index in [2.05, 4.69) is 48.2 Å². The lowest BCUT2D eigenvalue weighted by Gasteiger charge is -2.56. The number of aliphatic hydroxyl groups is 2. The van der Waals surface area contributed by atoms with Gasteiger partial charge in [0.05, 0.1) is 11.1 Å². The Labute approximate surface area is 323 Å². The average molecular weight is 751 g/mol. The van der Waals surface area contributed by atoms with Crippen molar-refractivity contribution in [2.75, 3.05) is 27.2 Å². The first-order valence-electron chi connectivity index (χ1n) is 19.9. The molecule has 0 saturated carbocycles.